The zero-order valence-electron chi connectivity index (χ0n) is 15.8. The van der Waals surface area contributed by atoms with E-state index in [4.69, 9.17) is 14.2 Å². The molecule has 2 saturated heterocycles. The minimum Gasteiger partial charge on any atom is -0.489 e. The van der Waals surface area contributed by atoms with E-state index in [0.717, 1.165) is 45.0 Å². The van der Waals surface area contributed by atoms with Crippen molar-refractivity contribution in [3.63, 3.8) is 0 Å². The summed E-state index contributed by atoms with van der Waals surface area (Å²) in [5.41, 5.74) is 0.719. The highest BCUT2D eigenvalue weighted by molar-refractivity contribution is 5.89. The molecule has 0 radical (unpaired) electrons. The van der Waals surface area contributed by atoms with Gasteiger partial charge in [-0.05, 0) is 18.6 Å². The molecule has 1 atom stereocenters. The summed E-state index contributed by atoms with van der Waals surface area (Å²) in [6, 6.07) is 7.30. The fraction of sp³-hybridized carbons (Fsp3) is 0.550. The van der Waals surface area contributed by atoms with E-state index in [0.29, 0.717) is 32.1 Å². The van der Waals surface area contributed by atoms with Crippen LogP contribution in [0.4, 0.5) is 10.5 Å². The highest BCUT2D eigenvalue weighted by Crippen LogP contribution is 2.18. The van der Waals surface area contributed by atoms with Gasteiger partial charge in [0.2, 0.25) is 0 Å². The van der Waals surface area contributed by atoms with Crippen LogP contribution in [0.25, 0.3) is 0 Å². The van der Waals surface area contributed by atoms with Crippen molar-refractivity contribution in [3.8, 4) is 5.75 Å². The monoisotopic (exact) mass is 375 g/mol. The molecule has 3 rings (SSSR count). The molecule has 2 amide bonds. The number of nitrogens with zero attached hydrogens (tertiary/aromatic N) is 2. The van der Waals surface area contributed by atoms with Crippen LogP contribution in [0.15, 0.2) is 36.9 Å². The highest BCUT2D eigenvalue weighted by Gasteiger charge is 2.25. The molecule has 0 aliphatic carbocycles. The summed E-state index contributed by atoms with van der Waals surface area (Å²) in [5, 5.41) is 2.97. The molecule has 148 valence electrons. The molecule has 7 nitrogen and oxygen atoms in total. The van der Waals surface area contributed by atoms with Gasteiger partial charge in [-0.3, -0.25) is 4.90 Å². The Morgan fingerprint density at radius 3 is 2.96 bits per heavy atom. The Hall–Kier alpha value is -2.09. The van der Waals surface area contributed by atoms with Crippen molar-refractivity contribution in [2.24, 2.45) is 0 Å². The topological polar surface area (TPSA) is 63.3 Å². The van der Waals surface area contributed by atoms with Gasteiger partial charge in [-0.15, -0.1) is 0 Å². The largest absolute Gasteiger partial charge is 0.489 e. The molecule has 0 saturated carbocycles. The molecule has 2 heterocycles. The Morgan fingerprint density at radius 1 is 1.30 bits per heavy atom. The summed E-state index contributed by atoms with van der Waals surface area (Å²) in [4.78, 5) is 16.9. The lowest BCUT2D eigenvalue weighted by molar-refractivity contribution is -0.00983. The predicted octanol–water partition coefficient (Wildman–Crippen LogP) is 2.21. The van der Waals surface area contributed by atoms with Crippen molar-refractivity contribution in [3.05, 3.63) is 36.9 Å². The second-order valence-corrected chi connectivity index (χ2v) is 6.76. The zero-order chi connectivity index (χ0) is 18.9. The van der Waals surface area contributed by atoms with Gasteiger partial charge in [-0.25, -0.2) is 4.79 Å². The smallest absolute Gasteiger partial charge is 0.321 e. The number of anilines is 1. The third-order valence-electron chi connectivity index (χ3n) is 4.66. The molecule has 0 unspecified atom stereocenters. The van der Waals surface area contributed by atoms with Gasteiger partial charge < -0.3 is 24.4 Å². The predicted molar refractivity (Wildman–Crippen MR) is 104 cm³/mol. The molecule has 0 bridgehead atoms. The standard InChI is InChI=1S/C20H29N3O4/c1-2-10-26-18-6-3-5-17(14-18)21-20(24)23-7-4-11-27-19(16-23)15-22-8-12-25-13-9-22/h2-3,5-6,14,19H,1,4,7-13,15-16H2,(H,21,24)/t19-/m0/s1. The second kappa shape index (κ2) is 10.3. The number of hydrogen-bond donors (Lipinski definition) is 1. The number of benzene rings is 1. The first kappa shape index (κ1) is 19.7. The van der Waals surface area contributed by atoms with Crippen LogP contribution in [0.2, 0.25) is 0 Å². The lowest BCUT2D eigenvalue weighted by Crippen LogP contribution is -2.46. The maximum atomic E-state index is 12.8. The fourth-order valence-electron chi connectivity index (χ4n) is 3.28. The maximum absolute atomic E-state index is 12.8. The Labute approximate surface area is 160 Å². The summed E-state index contributed by atoms with van der Waals surface area (Å²) < 4.78 is 16.9. The van der Waals surface area contributed by atoms with Crippen LogP contribution >= 0.6 is 0 Å². The lowest BCUT2D eigenvalue weighted by atomic mass is 10.2. The number of hydrogen-bond acceptors (Lipinski definition) is 5. The molecule has 2 aliphatic rings. The van der Waals surface area contributed by atoms with Gasteiger partial charge in [0.1, 0.15) is 12.4 Å². The van der Waals surface area contributed by atoms with Crippen LogP contribution in [0.5, 0.6) is 5.75 Å². The summed E-state index contributed by atoms with van der Waals surface area (Å²) in [7, 11) is 0. The van der Waals surface area contributed by atoms with E-state index in [1.807, 2.05) is 29.2 Å². The third kappa shape index (κ3) is 6.23. The van der Waals surface area contributed by atoms with E-state index >= 15 is 0 Å². The van der Waals surface area contributed by atoms with Crippen molar-refractivity contribution < 1.29 is 19.0 Å². The minimum absolute atomic E-state index is 0.0265. The van der Waals surface area contributed by atoms with Gasteiger partial charge in [-0.2, -0.15) is 0 Å². The molecule has 27 heavy (non-hydrogen) atoms. The number of carbonyl (C=O) groups excluding carboxylic acids is 1. The summed E-state index contributed by atoms with van der Waals surface area (Å²) in [5.74, 6) is 0.706. The fourth-order valence-corrected chi connectivity index (χ4v) is 3.28. The van der Waals surface area contributed by atoms with Crippen LogP contribution in [0.3, 0.4) is 0 Å². The molecular formula is C20H29N3O4. The van der Waals surface area contributed by atoms with Gasteiger partial charge in [-0.1, -0.05) is 18.7 Å². The van der Waals surface area contributed by atoms with Crippen LogP contribution in [0, 0.1) is 0 Å². The van der Waals surface area contributed by atoms with Crippen LogP contribution in [-0.2, 0) is 9.47 Å². The van der Waals surface area contributed by atoms with Crippen molar-refractivity contribution in [1.82, 2.24) is 9.80 Å². The molecular weight excluding hydrogens is 346 g/mol. The van der Waals surface area contributed by atoms with E-state index in [1.165, 1.54) is 0 Å². The number of morpholine rings is 1. The summed E-state index contributed by atoms with van der Waals surface area (Å²) >= 11 is 0. The first-order chi connectivity index (χ1) is 13.2. The van der Waals surface area contributed by atoms with Crippen LogP contribution in [-0.4, -0.2) is 81.1 Å². The Kier molecular flexibility index (Phi) is 7.50. The highest BCUT2D eigenvalue weighted by atomic mass is 16.5. The number of urea groups is 1. The number of carbonyl (C=O) groups is 1. The van der Waals surface area contributed by atoms with Gasteiger partial charge in [0, 0.05) is 51.1 Å². The molecule has 7 heteroatoms. The molecule has 0 aromatic heterocycles. The van der Waals surface area contributed by atoms with E-state index < -0.39 is 0 Å². The Morgan fingerprint density at radius 2 is 2.15 bits per heavy atom. The van der Waals surface area contributed by atoms with E-state index in [-0.39, 0.29) is 12.1 Å². The van der Waals surface area contributed by atoms with Crippen LogP contribution in [0.1, 0.15) is 6.42 Å². The summed E-state index contributed by atoms with van der Waals surface area (Å²) in [6.07, 6.45) is 2.56. The number of amides is 2. The minimum atomic E-state index is -0.103. The van der Waals surface area contributed by atoms with E-state index in [1.54, 1.807) is 6.08 Å². The average molecular weight is 375 g/mol. The van der Waals surface area contributed by atoms with Gasteiger partial charge >= 0.3 is 6.03 Å². The number of rotatable bonds is 6. The van der Waals surface area contributed by atoms with Gasteiger partial charge in [0.15, 0.2) is 0 Å². The zero-order valence-corrected chi connectivity index (χ0v) is 15.8. The number of ether oxygens (including phenoxy) is 3. The molecule has 2 fully saturated rings. The average Bonchev–Trinajstić information content (AvgIpc) is 2.93. The second-order valence-electron chi connectivity index (χ2n) is 6.76. The van der Waals surface area contributed by atoms with Crippen molar-refractivity contribution in [2.45, 2.75) is 12.5 Å². The Balaban J connectivity index is 1.55. The van der Waals surface area contributed by atoms with Crippen molar-refractivity contribution in [1.29, 1.82) is 0 Å². The van der Waals surface area contributed by atoms with Gasteiger partial charge in [0.05, 0.1) is 19.3 Å². The molecule has 2 aliphatic heterocycles. The first-order valence-corrected chi connectivity index (χ1v) is 9.56. The quantitative estimate of drug-likeness (QED) is 0.773. The third-order valence-corrected chi connectivity index (χ3v) is 4.66. The van der Waals surface area contributed by atoms with Crippen molar-refractivity contribution >= 4 is 11.7 Å². The normalized spacial score (nSPS) is 21.3. The molecule has 1 aromatic carbocycles. The SMILES string of the molecule is C=CCOc1cccc(NC(=O)N2CCCO[C@@H](CN3CCOCC3)C2)c1. The van der Waals surface area contributed by atoms with Gasteiger partial charge in [0.25, 0.3) is 0 Å². The Bertz CT molecular complexity index is 619. The van der Waals surface area contributed by atoms with Crippen LogP contribution < -0.4 is 10.1 Å². The molecule has 1 aromatic rings. The molecule has 0 spiro atoms. The first-order valence-electron chi connectivity index (χ1n) is 9.56. The maximum Gasteiger partial charge on any atom is 0.321 e. The lowest BCUT2D eigenvalue weighted by Gasteiger charge is -2.31. The number of nitrogens with one attached hydrogen (secondary N) is 1. The van der Waals surface area contributed by atoms with Crippen molar-refractivity contribution in [2.75, 3.05) is 64.5 Å². The summed E-state index contributed by atoms with van der Waals surface area (Å²) in [6.45, 7) is 10.2. The molecule has 1 N–H and O–H groups in total. The van der Waals surface area contributed by atoms with E-state index in [9.17, 15) is 4.79 Å². The van der Waals surface area contributed by atoms with E-state index in [2.05, 4.69) is 16.8 Å².